The third-order valence-electron chi connectivity index (χ3n) is 5.69. The Morgan fingerprint density at radius 1 is 1.23 bits per heavy atom. The van der Waals surface area contributed by atoms with Gasteiger partial charge in [-0.2, -0.15) is 5.26 Å². The number of fused-ring (bicyclic) bond motifs is 1. The first-order chi connectivity index (χ1) is 14.1. The van der Waals surface area contributed by atoms with E-state index in [0.29, 0.717) is 31.6 Å². The number of amides is 1. The fraction of sp³-hybridized carbons (Fsp3) is 0.591. The van der Waals surface area contributed by atoms with E-state index in [1.807, 2.05) is 6.07 Å². The lowest BCUT2D eigenvalue weighted by Crippen LogP contribution is -2.56. The summed E-state index contributed by atoms with van der Waals surface area (Å²) in [5, 5.41) is 18.9. The zero-order valence-electron chi connectivity index (χ0n) is 17.4. The molecule has 30 heavy (non-hydrogen) atoms. The Bertz CT molecular complexity index is 860. The first kappa shape index (κ1) is 21.9. The minimum Gasteiger partial charge on any atom is -0.489 e. The second-order valence-corrected chi connectivity index (χ2v) is 9.05. The van der Waals surface area contributed by atoms with Crippen molar-refractivity contribution in [1.29, 1.82) is 5.26 Å². The molecule has 0 aromatic heterocycles. The van der Waals surface area contributed by atoms with E-state index in [1.165, 1.54) is 17.0 Å². The highest BCUT2D eigenvalue weighted by Crippen LogP contribution is 2.40. The van der Waals surface area contributed by atoms with Crippen molar-refractivity contribution >= 4 is 12.1 Å². The molecular weight excluding hydrogens is 391 g/mol. The Labute approximate surface area is 175 Å². The molecule has 1 saturated heterocycles. The number of halogens is 1. The first-order valence-electron chi connectivity index (χ1n) is 10.2. The van der Waals surface area contributed by atoms with Crippen LogP contribution in [0.2, 0.25) is 0 Å². The first-order valence-corrected chi connectivity index (χ1v) is 10.2. The molecule has 3 rings (SSSR count). The minimum atomic E-state index is -1.05. The summed E-state index contributed by atoms with van der Waals surface area (Å²) in [7, 11) is 0. The van der Waals surface area contributed by atoms with Gasteiger partial charge < -0.3 is 14.6 Å². The van der Waals surface area contributed by atoms with Crippen molar-refractivity contribution in [2.45, 2.75) is 64.2 Å². The lowest BCUT2D eigenvalue weighted by Gasteiger charge is -2.46. The lowest BCUT2D eigenvalue weighted by atomic mass is 9.72. The van der Waals surface area contributed by atoms with E-state index < -0.39 is 29.5 Å². The molecule has 8 heteroatoms. The van der Waals surface area contributed by atoms with Crippen molar-refractivity contribution in [1.82, 2.24) is 4.90 Å². The van der Waals surface area contributed by atoms with Gasteiger partial charge in [0.25, 0.3) is 0 Å². The number of rotatable bonds is 3. The third-order valence-corrected chi connectivity index (χ3v) is 5.69. The smallest absolute Gasteiger partial charge is 0.411 e. The van der Waals surface area contributed by atoms with Crippen LogP contribution >= 0.6 is 0 Å². The number of hydrogen-bond acceptors (Lipinski definition) is 5. The predicted octanol–water partition coefficient (Wildman–Crippen LogP) is 3.96. The van der Waals surface area contributed by atoms with E-state index >= 15 is 0 Å². The molecule has 1 saturated carbocycles. The summed E-state index contributed by atoms with van der Waals surface area (Å²) in [5.41, 5.74) is -0.559. The molecule has 1 N–H and O–H groups in total. The molecule has 2 fully saturated rings. The van der Waals surface area contributed by atoms with Crippen LogP contribution in [0.1, 0.15) is 52.0 Å². The van der Waals surface area contributed by atoms with Gasteiger partial charge in [0.05, 0.1) is 11.7 Å². The fourth-order valence-corrected chi connectivity index (χ4v) is 4.34. The van der Waals surface area contributed by atoms with Crippen LogP contribution < -0.4 is 4.74 Å². The molecule has 1 aromatic rings. The highest BCUT2D eigenvalue weighted by molar-refractivity contribution is 5.80. The molecule has 1 aliphatic carbocycles. The molecule has 1 aliphatic heterocycles. The number of carbonyl (C=O) groups is 2. The van der Waals surface area contributed by atoms with E-state index in [-0.39, 0.29) is 23.5 Å². The second kappa shape index (κ2) is 8.50. The quantitative estimate of drug-likeness (QED) is 0.798. The van der Waals surface area contributed by atoms with Crippen molar-refractivity contribution in [3.8, 4) is 11.8 Å². The largest absolute Gasteiger partial charge is 0.489 e. The van der Waals surface area contributed by atoms with Gasteiger partial charge in [0, 0.05) is 6.54 Å². The Morgan fingerprint density at radius 3 is 2.60 bits per heavy atom. The summed E-state index contributed by atoms with van der Waals surface area (Å²) in [5.74, 6) is -0.969. The van der Waals surface area contributed by atoms with E-state index in [4.69, 9.17) is 9.47 Å². The monoisotopic (exact) mass is 418 g/mol. The zero-order chi connectivity index (χ0) is 22.1. The minimum absolute atomic E-state index is 0.0783. The third kappa shape index (κ3) is 5.02. The maximum atomic E-state index is 13.4. The van der Waals surface area contributed by atoms with Crippen LogP contribution in [0, 0.1) is 29.0 Å². The predicted molar refractivity (Wildman–Crippen MR) is 105 cm³/mol. The average Bonchev–Trinajstić information content (AvgIpc) is 2.66. The molecule has 1 heterocycles. The van der Waals surface area contributed by atoms with Crippen LogP contribution in [0.25, 0.3) is 0 Å². The number of piperidine rings is 1. The number of nitrogens with zero attached hydrogens (tertiary/aromatic N) is 2. The molecule has 1 aromatic carbocycles. The maximum Gasteiger partial charge on any atom is 0.411 e. The topological polar surface area (TPSA) is 99.9 Å². The summed E-state index contributed by atoms with van der Waals surface area (Å²) in [6.07, 6.45) is 1.64. The normalized spacial score (nSPS) is 26.3. The van der Waals surface area contributed by atoms with Crippen LogP contribution in [0.3, 0.4) is 0 Å². The maximum absolute atomic E-state index is 13.4. The van der Waals surface area contributed by atoms with Crippen LogP contribution in [-0.2, 0) is 9.53 Å². The molecule has 162 valence electrons. The molecular formula is C22H27FN2O5. The number of ether oxygens (including phenoxy) is 2. The van der Waals surface area contributed by atoms with E-state index in [0.717, 1.165) is 12.5 Å². The van der Waals surface area contributed by atoms with Crippen molar-refractivity contribution in [2.24, 2.45) is 11.8 Å². The van der Waals surface area contributed by atoms with E-state index in [2.05, 4.69) is 0 Å². The molecule has 4 unspecified atom stereocenters. The summed E-state index contributed by atoms with van der Waals surface area (Å²) in [6.45, 7) is 5.59. The molecule has 0 radical (unpaired) electrons. The van der Waals surface area contributed by atoms with Crippen molar-refractivity contribution < 1.29 is 28.6 Å². The van der Waals surface area contributed by atoms with Gasteiger partial charge >= 0.3 is 12.1 Å². The van der Waals surface area contributed by atoms with Gasteiger partial charge in [0.2, 0.25) is 0 Å². The number of likely N-dealkylation sites (tertiary alicyclic amines) is 1. The van der Waals surface area contributed by atoms with Gasteiger partial charge in [-0.15, -0.1) is 0 Å². The number of carboxylic acids is 1. The standard InChI is InChI=1S/C22H27FN2O5/c1-22(2,3)30-21(28)25-12-13-4-6-17(9-14(13)10-18(25)20(26)27)29-19-7-5-16(23)8-15(19)11-24/h5,7-8,13-14,17-18H,4,6,9-10,12H2,1-3H3,(H,26,27). The number of benzene rings is 1. The second-order valence-electron chi connectivity index (χ2n) is 9.05. The molecule has 0 spiro atoms. The van der Waals surface area contributed by atoms with Gasteiger partial charge in [-0.05, 0) is 76.5 Å². The number of nitriles is 1. The molecule has 4 atom stereocenters. The van der Waals surface area contributed by atoms with Crippen LogP contribution in [-0.4, -0.2) is 46.4 Å². The van der Waals surface area contributed by atoms with Crippen LogP contribution in [0.5, 0.6) is 5.75 Å². The zero-order valence-corrected chi connectivity index (χ0v) is 17.4. The molecule has 7 nitrogen and oxygen atoms in total. The van der Waals surface area contributed by atoms with Gasteiger partial charge in [0.1, 0.15) is 29.3 Å². The Morgan fingerprint density at radius 2 is 1.97 bits per heavy atom. The van der Waals surface area contributed by atoms with Gasteiger partial charge in [0.15, 0.2) is 0 Å². The number of aliphatic carboxylic acids is 1. The fourth-order valence-electron chi connectivity index (χ4n) is 4.34. The van der Waals surface area contributed by atoms with Crippen LogP contribution in [0.15, 0.2) is 18.2 Å². The van der Waals surface area contributed by atoms with Gasteiger partial charge in [-0.25, -0.2) is 14.0 Å². The Hall–Kier alpha value is -2.82. The highest BCUT2D eigenvalue weighted by atomic mass is 19.1. The Balaban J connectivity index is 1.70. The van der Waals surface area contributed by atoms with Crippen LogP contribution in [0.4, 0.5) is 9.18 Å². The van der Waals surface area contributed by atoms with Crippen molar-refractivity contribution in [3.63, 3.8) is 0 Å². The summed E-state index contributed by atoms with van der Waals surface area (Å²) in [4.78, 5) is 25.7. The van der Waals surface area contributed by atoms with Gasteiger partial charge in [-0.3, -0.25) is 4.90 Å². The number of carboxylic acid groups (broad SMARTS) is 1. The number of carbonyl (C=O) groups excluding carboxylic acids is 1. The van der Waals surface area contributed by atoms with E-state index in [1.54, 1.807) is 20.8 Å². The molecule has 1 amide bonds. The van der Waals surface area contributed by atoms with Crippen molar-refractivity contribution in [3.05, 3.63) is 29.6 Å². The summed E-state index contributed by atoms with van der Waals surface area (Å²) >= 11 is 0. The van der Waals surface area contributed by atoms with Gasteiger partial charge in [-0.1, -0.05) is 0 Å². The molecule has 2 aliphatic rings. The van der Waals surface area contributed by atoms with Crippen molar-refractivity contribution in [2.75, 3.05) is 6.54 Å². The molecule has 0 bridgehead atoms. The summed E-state index contributed by atoms with van der Waals surface area (Å²) in [6, 6.07) is 4.84. The Kier molecular flexibility index (Phi) is 6.20. The van der Waals surface area contributed by atoms with E-state index in [9.17, 15) is 24.3 Å². The number of hydrogen-bond donors (Lipinski definition) is 1. The SMILES string of the molecule is CC(C)(C)OC(=O)N1CC2CCC(Oc3ccc(F)cc3C#N)CC2CC1C(=O)O. The summed E-state index contributed by atoms with van der Waals surface area (Å²) < 4.78 is 24.7. The average molecular weight is 418 g/mol. The highest BCUT2D eigenvalue weighted by Gasteiger charge is 2.45. The lowest BCUT2D eigenvalue weighted by molar-refractivity contribution is -0.147.